The molecule has 0 N–H and O–H groups in total. The van der Waals surface area contributed by atoms with Gasteiger partial charge in [0.1, 0.15) is 19.0 Å². The van der Waals surface area contributed by atoms with Crippen molar-refractivity contribution in [2.75, 3.05) is 26.2 Å². The normalized spacial score (nSPS) is 17.7. The fraction of sp³-hybridized carbons (Fsp3) is 0.472. The highest BCUT2D eigenvalue weighted by atomic mass is 19.1. The van der Waals surface area contributed by atoms with Crippen molar-refractivity contribution in [2.24, 2.45) is 11.8 Å². The summed E-state index contributed by atoms with van der Waals surface area (Å²) >= 11 is 0. The van der Waals surface area contributed by atoms with E-state index in [1.54, 1.807) is 6.07 Å². The van der Waals surface area contributed by atoms with E-state index in [-0.39, 0.29) is 11.7 Å². The zero-order valence-corrected chi connectivity index (χ0v) is 24.7. The fourth-order valence-electron chi connectivity index (χ4n) is 6.06. The number of halogens is 1. The summed E-state index contributed by atoms with van der Waals surface area (Å²) in [5.74, 6) is 1.64. The molecule has 0 saturated carbocycles. The molecule has 1 aliphatic heterocycles. The van der Waals surface area contributed by atoms with Crippen molar-refractivity contribution in [3.8, 4) is 17.6 Å². The minimum atomic E-state index is -0.420. The summed E-state index contributed by atoms with van der Waals surface area (Å²) in [6.45, 7) is 8.23. The molecule has 1 heterocycles. The average Bonchev–Trinajstić information content (AvgIpc) is 2.98. The number of nitriles is 1. The maximum Gasteiger partial charge on any atom is 0.164 e. The van der Waals surface area contributed by atoms with E-state index in [1.165, 1.54) is 44.2 Å². The Balaban J connectivity index is 1.25. The van der Waals surface area contributed by atoms with Gasteiger partial charge in [0.05, 0.1) is 11.5 Å². The van der Waals surface area contributed by atoms with Crippen molar-refractivity contribution in [3.05, 3.63) is 95.8 Å². The van der Waals surface area contributed by atoms with E-state index in [2.05, 4.69) is 36.9 Å². The van der Waals surface area contributed by atoms with Gasteiger partial charge in [-0.25, -0.2) is 4.39 Å². The fourth-order valence-corrected chi connectivity index (χ4v) is 6.06. The molecule has 0 aliphatic carbocycles. The van der Waals surface area contributed by atoms with Gasteiger partial charge in [0.15, 0.2) is 11.5 Å². The monoisotopic (exact) mass is 556 g/mol. The zero-order chi connectivity index (χ0) is 28.9. The molecule has 1 fully saturated rings. The summed E-state index contributed by atoms with van der Waals surface area (Å²) < 4.78 is 26.0. The Morgan fingerprint density at radius 3 is 2.41 bits per heavy atom. The van der Waals surface area contributed by atoms with Gasteiger partial charge in [-0.1, -0.05) is 100 Å². The van der Waals surface area contributed by atoms with Gasteiger partial charge in [-0.05, 0) is 67.4 Å². The first kappa shape index (κ1) is 30.6. The SMILES string of the molecule is CC(C)C(C#N)(CCCC1CCCCN(CCOc2ccc(F)cc2OCc2ccccc2)CC1)c1ccccc1. The maximum atomic E-state index is 13.9. The molecule has 1 aliphatic rings. The number of rotatable bonds is 13. The topological polar surface area (TPSA) is 45.5 Å². The summed E-state index contributed by atoms with van der Waals surface area (Å²) in [6.07, 6.45) is 8.03. The summed E-state index contributed by atoms with van der Waals surface area (Å²) in [4.78, 5) is 2.50. The highest BCUT2D eigenvalue weighted by molar-refractivity contribution is 5.40. The van der Waals surface area contributed by atoms with E-state index in [4.69, 9.17) is 9.47 Å². The minimum absolute atomic E-state index is 0.271. The van der Waals surface area contributed by atoms with Crippen LogP contribution in [-0.2, 0) is 12.0 Å². The van der Waals surface area contributed by atoms with Gasteiger partial charge in [-0.15, -0.1) is 0 Å². The largest absolute Gasteiger partial charge is 0.488 e. The Kier molecular flexibility index (Phi) is 11.6. The molecule has 1 saturated heterocycles. The molecule has 3 aromatic rings. The van der Waals surface area contributed by atoms with E-state index >= 15 is 0 Å². The molecule has 41 heavy (non-hydrogen) atoms. The van der Waals surface area contributed by atoms with Crippen LogP contribution in [0, 0.1) is 29.0 Å². The van der Waals surface area contributed by atoms with Crippen molar-refractivity contribution >= 4 is 0 Å². The second kappa shape index (κ2) is 15.6. The Morgan fingerprint density at radius 2 is 1.68 bits per heavy atom. The predicted octanol–water partition coefficient (Wildman–Crippen LogP) is 8.56. The molecular formula is C36H45FN2O2. The first-order chi connectivity index (χ1) is 20.0. The number of nitrogens with zero attached hydrogens (tertiary/aromatic N) is 2. The Hall–Kier alpha value is -3.36. The van der Waals surface area contributed by atoms with Crippen LogP contribution in [0.4, 0.5) is 4.39 Å². The number of benzene rings is 3. The van der Waals surface area contributed by atoms with Crippen molar-refractivity contribution in [1.82, 2.24) is 4.90 Å². The smallest absolute Gasteiger partial charge is 0.164 e. The number of hydrogen-bond donors (Lipinski definition) is 0. The van der Waals surface area contributed by atoms with E-state index in [0.29, 0.717) is 30.6 Å². The van der Waals surface area contributed by atoms with Gasteiger partial charge >= 0.3 is 0 Å². The van der Waals surface area contributed by atoms with Crippen LogP contribution in [0.2, 0.25) is 0 Å². The number of hydrogen-bond acceptors (Lipinski definition) is 4. The predicted molar refractivity (Wildman–Crippen MR) is 163 cm³/mol. The van der Waals surface area contributed by atoms with Gasteiger partial charge in [0.2, 0.25) is 0 Å². The summed E-state index contributed by atoms with van der Waals surface area (Å²) in [6, 6.07) is 27.4. The lowest BCUT2D eigenvalue weighted by Gasteiger charge is -2.33. The molecule has 4 rings (SSSR count). The number of likely N-dealkylation sites (tertiary alicyclic amines) is 1. The van der Waals surface area contributed by atoms with Gasteiger partial charge in [0.25, 0.3) is 0 Å². The molecule has 0 bridgehead atoms. The standard InChI is InChI=1S/C36H45FN2O2/c1-29(2)36(28-38,32-16-7-4-8-17-32)21-11-15-30-12-9-10-22-39(23-20-30)24-25-40-34-19-18-33(37)26-35(34)41-27-31-13-5-3-6-14-31/h3-8,13-14,16-19,26,29-30H,9-12,15,20-25,27H2,1-2H3. The van der Waals surface area contributed by atoms with Gasteiger partial charge in [-0.2, -0.15) is 5.26 Å². The first-order valence-electron chi connectivity index (χ1n) is 15.3. The van der Waals surface area contributed by atoms with Crippen molar-refractivity contribution in [1.29, 1.82) is 5.26 Å². The lowest BCUT2D eigenvalue weighted by Crippen LogP contribution is -2.33. The second-order valence-corrected chi connectivity index (χ2v) is 11.7. The third-order valence-electron chi connectivity index (χ3n) is 8.66. The molecule has 4 nitrogen and oxygen atoms in total. The van der Waals surface area contributed by atoms with E-state index in [9.17, 15) is 9.65 Å². The Morgan fingerprint density at radius 1 is 0.927 bits per heavy atom. The van der Waals surface area contributed by atoms with E-state index in [0.717, 1.165) is 43.6 Å². The highest BCUT2D eigenvalue weighted by Gasteiger charge is 2.35. The third-order valence-corrected chi connectivity index (χ3v) is 8.66. The van der Waals surface area contributed by atoms with Crippen LogP contribution in [0.25, 0.3) is 0 Å². The van der Waals surface area contributed by atoms with E-state index < -0.39 is 5.41 Å². The lowest BCUT2D eigenvalue weighted by atomic mass is 9.69. The minimum Gasteiger partial charge on any atom is -0.488 e. The average molecular weight is 557 g/mol. The maximum absolute atomic E-state index is 13.9. The molecule has 218 valence electrons. The van der Waals surface area contributed by atoms with Crippen LogP contribution >= 0.6 is 0 Å². The van der Waals surface area contributed by atoms with Crippen LogP contribution in [-0.4, -0.2) is 31.1 Å². The molecule has 3 aromatic carbocycles. The molecule has 2 atom stereocenters. The molecule has 0 aromatic heterocycles. The Labute approximate surface area is 246 Å². The molecule has 0 amide bonds. The van der Waals surface area contributed by atoms with Gasteiger partial charge in [0, 0.05) is 12.6 Å². The van der Waals surface area contributed by atoms with Crippen LogP contribution in [0.5, 0.6) is 11.5 Å². The van der Waals surface area contributed by atoms with Crippen molar-refractivity contribution in [2.45, 2.75) is 70.8 Å². The van der Waals surface area contributed by atoms with Crippen LogP contribution in [0.15, 0.2) is 78.9 Å². The van der Waals surface area contributed by atoms with Gasteiger partial charge in [-0.3, -0.25) is 4.90 Å². The third kappa shape index (κ3) is 8.81. The van der Waals surface area contributed by atoms with Gasteiger partial charge < -0.3 is 9.47 Å². The molecule has 0 spiro atoms. The van der Waals surface area contributed by atoms with E-state index in [1.807, 2.05) is 48.5 Å². The lowest BCUT2D eigenvalue weighted by molar-refractivity contribution is 0.172. The molecule has 2 unspecified atom stereocenters. The summed E-state index contributed by atoms with van der Waals surface area (Å²) in [5, 5.41) is 10.2. The van der Waals surface area contributed by atoms with Crippen molar-refractivity contribution < 1.29 is 13.9 Å². The zero-order valence-electron chi connectivity index (χ0n) is 24.7. The van der Waals surface area contributed by atoms with Crippen molar-refractivity contribution in [3.63, 3.8) is 0 Å². The highest BCUT2D eigenvalue weighted by Crippen LogP contribution is 2.38. The summed E-state index contributed by atoms with van der Waals surface area (Å²) in [7, 11) is 0. The first-order valence-corrected chi connectivity index (χ1v) is 15.3. The molecular weight excluding hydrogens is 511 g/mol. The molecule has 5 heteroatoms. The number of ether oxygens (including phenoxy) is 2. The van der Waals surface area contributed by atoms with Crippen LogP contribution in [0.3, 0.4) is 0 Å². The summed E-state index contributed by atoms with van der Waals surface area (Å²) in [5.41, 5.74) is 1.76. The van der Waals surface area contributed by atoms with Crippen LogP contribution in [0.1, 0.15) is 69.9 Å². The second-order valence-electron chi connectivity index (χ2n) is 11.7. The Bertz CT molecular complexity index is 1230. The molecule has 0 radical (unpaired) electrons. The quantitative estimate of drug-likeness (QED) is 0.212. The van der Waals surface area contributed by atoms with Crippen LogP contribution < -0.4 is 9.47 Å².